The summed E-state index contributed by atoms with van der Waals surface area (Å²) in [6, 6.07) is 5.18. The van der Waals surface area contributed by atoms with Gasteiger partial charge in [0.15, 0.2) is 0 Å². The number of nitrogens with one attached hydrogen (secondary N) is 1. The van der Waals surface area contributed by atoms with Crippen LogP contribution in [0.25, 0.3) is 11.3 Å². The molecular weight excluding hydrogens is 272 g/mol. The van der Waals surface area contributed by atoms with Crippen LogP contribution in [0.15, 0.2) is 18.2 Å². The molecule has 1 heterocycles. The summed E-state index contributed by atoms with van der Waals surface area (Å²) < 4.78 is 11.2. The summed E-state index contributed by atoms with van der Waals surface area (Å²) in [6.07, 6.45) is 0. The summed E-state index contributed by atoms with van der Waals surface area (Å²) in [7, 11) is 0. The minimum atomic E-state index is -1.05. The van der Waals surface area contributed by atoms with Crippen LogP contribution in [0.2, 0.25) is 0 Å². The number of hydrogen-bond donors (Lipinski definition) is 2. The molecule has 6 nitrogen and oxygen atoms in total. The first-order valence-corrected chi connectivity index (χ1v) is 6.76. The van der Waals surface area contributed by atoms with Gasteiger partial charge in [0, 0.05) is 5.56 Å². The monoisotopic (exact) mass is 290 g/mol. The highest BCUT2D eigenvalue weighted by atomic mass is 16.5. The fourth-order valence-electron chi connectivity index (χ4n) is 2.02. The molecule has 1 aromatic heterocycles. The van der Waals surface area contributed by atoms with Crippen LogP contribution in [-0.4, -0.2) is 34.5 Å². The Labute approximate surface area is 122 Å². The molecule has 0 fully saturated rings. The van der Waals surface area contributed by atoms with Gasteiger partial charge in [-0.25, -0.2) is 4.79 Å². The zero-order valence-electron chi connectivity index (χ0n) is 12.3. The second kappa shape index (κ2) is 6.30. The van der Waals surface area contributed by atoms with Gasteiger partial charge in [-0.1, -0.05) is 0 Å². The predicted octanol–water partition coefficient (Wildman–Crippen LogP) is 2.88. The van der Waals surface area contributed by atoms with Gasteiger partial charge in [-0.15, -0.1) is 0 Å². The molecule has 2 N–H and O–H groups in total. The molecular formula is C15H18N2O4. The third-order valence-electron chi connectivity index (χ3n) is 2.96. The number of benzene rings is 1. The number of H-pyrrole nitrogens is 1. The van der Waals surface area contributed by atoms with Crippen molar-refractivity contribution < 1.29 is 19.4 Å². The van der Waals surface area contributed by atoms with Crippen LogP contribution in [0.3, 0.4) is 0 Å². The fraction of sp³-hybridized carbons (Fsp3) is 0.333. The van der Waals surface area contributed by atoms with Gasteiger partial charge in [-0.2, -0.15) is 5.10 Å². The minimum absolute atomic E-state index is 0.0333. The topological polar surface area (TPSA) is 84.4 Å². The van der Waals surface area contributed by atoms with Crippen molar-refractivity contribution in [3.63, 3.8) is 0 Å². The van der Waals surface area contributed by atoms with Gasteiger partial charge in [0.2, 0.25) is 0 Å². The Morgan fingerprint density at radius 1 is 1.19 bits per heavy atom. The molecule has 0 aliphatic heterocycles. The predicted molar refractivity (Wildman–Crippen MR) is 78.1 cm³/mol. The summed E-state index contributed by atoms with van der Waals surface area (Å²) in [4.78, 5) is 11.0. The second-order valence-corrected chi connectivity index (χ2v) is 4.45. The molecule has 0 saturated heterocycles. The van der Waals surface area contributed by atoms with Crippen molar-refractivity contribution in [2.75, 3.05) is 13.2 Å². The van der Waals surface area contributed by atoms with E-state index < -0.39 is 5.97 Å². The lowest BCUT2D eigenvalue weighted by molar-refractivity contribution is 0.0690. The van der Waals surface area contributed by atoms with Gasteiger partial charge in [-0.05, 0) is 44.5 Å². The number of aryl methyl sites for hydroxylation is 1. The fourth-order valence-corrected chi connectivity index (χ4v) is 2.02. The van der Waals surface area contributed by atoms with Crippen molar-refractivity contribution >= 4 is 5.97 Å². The van der Waals surface area contributed by atoms with Crippen LogP contribution in [0, 0.1) is 6.92 Å². The highest BCUT2D eigenvalue weighted by Crippen LogP contribution is 2.35. The van der Waals surface area contributed by atoms with Crippen molar-refractivity contribution in [3.05, 3.63) is 29.5 Å². The van der Waals surface area contributed by atoms with E-state index in [1.165, 1.54) is 6.07 Å². The summed E-state index contributed by atoms with van der Waals surface area (Å²) in [5, 5.41) is 15.5. The van der Waals surface area contributed by atoms with Gasteiger partial charge in [0.25, 0.3) is 0 Å². The van der Waals surface area contributed by atoms with E-state index in [1.807, 2.05) is 32.9 Å². The molecule has 0 aliphatic carbocycles. The maximum absolute atomic E-state index is 11.0. The number of carboxylic acids is 1. The van der Waals surface area contributed by atoms with Gasteiger partial charge in [0.1, 0.15) is 17.2 Å². The summed E-state index contributed by atoms with van der Waals surface area (Å²) in [5.41, 5.74) is 2.20. The van der Waals surface area contributed by atoms with Crippen molar-refractivity contribution in [3.8, 4) is 22.8 Å². The van der Waals surface area contributed by atoms with Crippen LogP contribution < -0.4 is 9.47 Å². The summed E-state index contributed by atoms with van der Waals surface area (Å²) in [5.74, 6) is 0.335. The molecule has 21 heavy (non-hydrogen) atoms. The lowest BCUT2D eigenvalue weighted by Crippen LogP contribution is -1.99. The van der Waals surface area contributed by atoms with Crippen molar-refractivity contribution in [1.29, 1.82) is 0 Å². The Hall–Kier alpha value is -2.50. The van der Waals surface area contributed by atoms with Crippen LogP contribution in [0.5, 0.6) is 11.5 Å². The molecule has 0 saturated carbocycles. The lowest BCUT2D eigenvalue weighted by Gasteiger charge is -2.13. The molecule has 1 aromatic carbocycles. The number of carboxylic acid groups (broad SMARTS) is 1. The zero-order chi connectivity index (χ0) is 15.4. The van der Waals surface area contributed by atoms with Crippen molar-refractivity contribution in [1.82, 2.24) is 10.2 Å². The van der Waals surface area contributed by atoms with Gasteiger partial charge >= 0.3 is 5.97 Å². The average molecular weight is 290 g/mol. The maximum Gasteiger partial charge on any atom is 0.353 e. The maximum atomic E-state index is 11.0. The molecule has 2 aromatic rings. The first-order chi connectivity index (χ1) is 10.1. The quantitative estimate of drug-likeness (QED) is 0.854. The Morgan fingerprint density at radius 2 is 1.86 bits per heavy atom. The minimum Gasteiger partial charge on any atom is -0.494 e. The van der Waals surface area contributed by atoms with E-state index in [0.29, 0.717) is 30.2 Å². The normalized spacial score (nSPS) is 10.4. The van der Waals surface area contributed by atoms with Crippen LogP contribution >= 0.6 is 0 Å². The van der Waals surface area contributed by atoms with E-state index in [2.05, 4.69) is 10.2 Å². The van der Waals surface area contributed by atoms with Crippen LogP contribution in [-0.2, 0) is 0 Å². The molecule has 6 heteroatoms. The number of nitrogens with zero attached hydrogens (tertiary/aromatic N) is 1. The van der Waals surface area contributed by atoms with Crippen LogP contribution in [0.1, 0.15) is 29.9 Å². The van der Waals surface area contributed by atoms with E-state index in [0.717, 1.165) is 11.3 Å². The summed E-state index contributed by atoms with van der Waals surface area (Å²) in [6.45, 7) is 6.80. The number of aromatic nitrogens is 2. The van der Waals surface area contributed by atoms with E-state index in [9.17, 15) is 4.79 Å². The van der Waals surface area contributed by atoms with Gasteiger partial charge in [-0.3, -0.25) is 5.10 Å². The first kappa shape index (κ1) is 14.9. The number of aromatic carboxylic acids is 1. The molecule has 0 radical (unpaired) electrons. The van der Waals surface area contributed by atoms with Gasteiger partial charge < -0.3 is 14.6 Å². The molecule has 0 aliphatic rings. The standard InChI is InChI=1S/C15H18N2O4/c1-4-20-13-7-10(14(21-5-2)6-9(13)3)11-8-12(15(18)19)17-16-11/h6-8H,4-5H2,1-3H3,(H,16,17)(H,18,19). The SMILES string of the molecule is CCOc1cc(-c2cc(C(=O)O)[nH]n2)c(OCC)cc1C. The molecule has 0 atom stereocenters. The second-order valence-electron chi connectivity index (χ2n) is 4.45. The molecule has 112 valence electrons. The number of aromatic amines is 1. The number of ether oxygens (including phenoxy) is 2. The van der Waals surface area contributed by atoms with Crippen molar-refractivity contribution in [2.45, 2.75) is 20.8 Å². The van der Waals surface area contributed by atoms with E-state index >= 15 is 0 Å². The highest BCUT2D eigenvalue weighted by Gasteiger charge is 2.16. The largest absolute Gasteiger partial charge is 0.494 e. The molecule has 0 bridgehead atoms. The first-order valence-electron chi connectivity index (χ1n) is 6.76. The van der Waals surface area contributed by atoms with E-state index in [1.54, 1.807) is 0 Å². The van der Waals surface area contributed by atoms with Crippen LogP contribution in [0.4, 0.5) is 0 Å². The van der Waals surface area contributed by atoms with E-state index in [-0.39, 0.29) is 5.69 Å². The lowest BCUT2D eigenvalue weighted by atomic mass is 10.1. The molecule has 2 rings (SSSR count). The zero-order valence-corrected chi connectivity index (χ0v) is 12.3. The molecule has 0 spiro atoms. The molecule has 0 unspecified atom stereocenters. The Morgan fingerprint density at radius 3 is 2.43 bits per heavy atom. The summed E-state index contributed by atoms with van der Waals surface area (Å²) >= 11 is 0. The van der Waals surface area contributed by atoms with Crippen molar-refractivity contribution in [2.24, 2.45) is 0 Å². The molecule has 0 amide bonds. The number of carbonyl (C=O) groups is 1. The Kier molecular flexibility index (Phi) is 4.47. The number of rotatable bonds is 6. The Balaban J connectivity index is 2.51. The average Bonchev–Trinajstić information content (AvgIpc) is 2.92. The third-order valence-corrected chi connectivity index (χ3v) is 2.96. The number of hydrogen-bond acceptors (Lipinski definition) is 4. The smallest absolute Gasteiger partial charge is 0.353 e. The Bertz CT molecular complexity index is 649. The van der Waals surface area contributed by atoms with E-state index in [4.69, 9.17) is 14.6 Å². The van der Waals surface area contributed by atoms with Gasteiger partial charge in [0.05, 0.1) is 18.9 Å². The highest BCUT2D eigenvalue weighted by molar-refractivity contribution is 5.87. The third kappa shape index (κ3) is 3.16.